The third-order valence-electron chi connectivity index (χ3n) is 2.60. The first-order chi connectivity index (χ1) is 7.27. The molecule has 80 valence electrons. The van der Waals surface area contributed by atoms with E-state index in [-0.39, 0.29) is 0 Å². The van der Waals surface area contributed by atoms with Crippen molar-refractivity contribution in [3.63, 3.8) is 0 Å². The lowest BCUT2D eigenvalue weighted by molar-refractivity contribution is 0.434. The Kier molecular flexibility index (Phi) is 3.31. The van der Waals surface area contributed by atoms with Crippen molar-refractivity contribution in [1.29, 1.82) is 5.41 Å². The lowest BCUT2D eigenvalue weighted by atomic mass is 10.2. The van der Waals surface area contributed by atoms with Crippen LogP contribution in [0.2, 0.25) is 0 Å². The summed E-state index contributed by atoms with van der Waals surface area (Å²) in [5.74, 6) is 1.80. The van der Waals surface area contributed by atoms with Crippen LogP contribution < -0.4 is 0 Å². The fourth-order valence-corrected chi connectivity index (χ4v) is 2.81. The highest BCUT2D eigenvalue weighted by Gasteiger charge is 2.19. The number of thioether (sulfide) groups is 1. The highest BCUT2D eigenvalue weighted by Crippen LogP contribution is 2.19. The highest BCUT2D eigenvalue weighted by molar-refractivity contribution is 7.99. The van der Waals surface area contributed by atoms with Crippen molar-refractivity contribution in [2.45, 2.75) is 12.2 Å². The molecule has 1 aromatic carbocycles. The van der Waals surface area contributed by atoms with Gasteiger partial charge in [0.05, 0.1) is 0 Å². The van der Waals surface area contributed by atoms with E-state index in [1.165, 1.54) is 0 Å². The number of nitrogens with one attached hydrogen (secondary N) is 1. The molecule has 0 amide bonds. The van der Waals surface area contributed by atoms with Crippen molar-refractivity contribution in [3.05, 3.63) is 35.9 Å². The molecule has 0 aliphatic carbocycles. The summed E-state index contributed by atoms with van der Waals surface area (Å²) in [4.78, 5) is 2.18. The molecule has 0 aromatic heterocycles. The van der Waals surface area contributed by atoms with Crippen LogP contribution in [0, 0.1) is 5.41 Å². The molecule has 1 aromatic rings. The Hall–Kier alpha value is -0.960. The minimum atomic E-state index is 0.641. The van der Waals surface area contributed by atoms with E-state index in [0.717, 1.165) is 24.4 Å². The molecule has 3 heteroatoms. The van der Waals surface area contributed by atoms with Gasteiger partial charge in [-0.3, -0.25) is 5.41 Å². The summed E-state index contributed by atoms with van der Waals surface area (Å²) in [7, 11) is 0. The van der Waals surface area contributed by atoms with Gasteiger partial charge < -0.3 is 4.90 Å². The van der Waals surface area contributed by atoms with Crippen molar-refractivity contribution in [3.8, 4) is 0 Å². The molecule has 1 unspecified atom stereocenters. The Balaban J connectivity index is 2.08. The fourth-order valence-electron chi connectivity index (χ4n) is 1.80. The van der Waals surface area contributed by atoms with Crippen LogP contribution in [0.5, 0.6) is 0 Å². The smallest absolute Gasteiger partial charge is 0.128 e. The van der Waals surface area contributed by atoms with Gasteiger partial charge in [0, 0.05) is 29.7 Å². The molecule has 2 rings (SSSR count). The molecule has 1 aliphatic rings. The van der Waals surface area contributed by atoms with Gasteiger partial charge in [0.1, 0.15) is 5.84 Å². The summed E-state index contributed by atoms with van der Waals surface area (Å²) < 4.78 is 0. The monoisotopic (exact) mass is 220 g/mol. The van der Waals surface area contributed by atoms with Crippen LogP contribution in [0.3, 0.4) is 0 Å². The molecular weight excluding hydrogens is 204 g/mol. The predicted octanol–water partition coefficient (Wildman–Crippen LogP) is 2.45. The Morgan fingerprint density at radius 1 is 1.40 bits per heavy atom. The number of amidine groups is 1. The Morgan fingerprint density at radius 2 is 2.13 bits per heavy atom. The van der Waals surface area contributed by atoms with Gasteiger partial charge in [0.25, 0.3) is 0 Å². The quantitative estimate of drug-likeness (QED) is 0.581. The van der Waals surface area contributed by atoms with Crippen LogP contribution in [0.15, 0.2) is 30.3 Å². The maximum Gasteiger partial charge on any atom is 0.128 e. The first kappa shape index (κ1) is 10.6. The molecule has 0 radical (unpaired) electrons. The van der Waals surface area contributed by atoms with E-state index in [0.29, 0.717) is 11.1 Å². The molecule has 15 heavy (non-hydrogen) atoms. The van der Waals surface area contributed by atoms with Crippen LogP contribution in [0.25, 0.3) is 0 Å². The van der Waals surface area contributed by atoms with Gasteiger partial charge in [-0.15, -0.1) is 0 Å². The summed E-state index contributed by atoms with van der Waals surface area (Å²) in [6.07, 6.45) is 0. The molecule has 0 spiro atoms. The standard InChI is InChI=1S/C12H16N2S/c1-10-9-14(7-8-15-10)12(13)11-5-3-2-4-6-11/h2-6,10,13H,7-9H2,1H3. The van der Waals surface area contributed by atoms with Gasteiger partial charge >= 0.3 is 0 Å². The summed E-state index contributed by atoms with van der Waals surface area (Å²) in [6, 6.07) is 9.99. The van der Waals surface area contributed by atoms with E-state index in [1.54, 1.807) is 0 Å². The van der Waals surface area contributed by atoms with Crippen molar-refractivity contribution < 1.29 is 0 Å². The molecule has 1 atom stereocenters. The van der Waals surface area contributed by atoms with E-state index < -0.39 is 0 Å². The van der Waals surface area contributed by atoms with E-state index in [4.69, 9.17) is 5.41 Å². The summed E-state index contributed by atoms with van der Waals surface area (Å²) >= 11 is 2.00. The molecule has 0 bridgehead atoms. The Labute approximate surface area is 95.2 Å². The van der Waals surface area contributed by atoms with Crippen molar-refractivity contribution >= 4 is 17.6 Å². The minimum Gasteiger partial charge on any atom is -0.355 e. The van der Waals surface area contributed by atoms with Crippen LogP contribution in [0.4, 0.5) is 0 Å². The zero-order valence-electron chi connectivity index (χ0n) is 8.94. The minimum absolute atomic E-state index is 0.641. The fraction of sp³-hybridized carbons (Fsp3) is 0.417. The van der Waals surface area contributed by atoms with Gasteiger partial charge in [-0.25, -0.2) is 0 Å². The number of hydrogen-bond donors (Lipinski definition) is 1. The summed E-state index contributed by atoms with van der Waals surface area (Å²) in [5.41, 5.74) is 1.02. The number of benzene rings is 1. The highest BCUT2D eigenvalue weighted by atomic mass is 32.2. The zero-order chi connectivity index (χ0) is 10.7. The SMILES string of the molecule is CC1CN(C(=N)c2ccccc2)CCS1. The van der Waals surface area contributed by atoms with E-state index in [2.05, 4.69) is 11.8 Å². The summed E-state index contributed by atoms with van der Waals surface area (Å²) in [5, 5.41) is 8.77. The topological polar surface area (TPSA) is 27.1 Å². The lowest BCUT2D eigenvalue weighted by Crippen LogP contribution is -2.41. The summed E-state index contributed by atoms with van der Waals surface area (Å²) in [6.45, 7) is 4.23. The number of rotatable bonds is 1. The van der Waals surface area contributed by atoms with Crippen molar-refractivity contribution in [2.75, 3.05) is 18.8 Å². The van der Waals surface area contributed by atoms with Crippen molar-refractivity contribution in [2.24, 2.45) is 0 Å². The van der Waals surface area contributed by atoms with Crippen molar-refractivity contribution in [1.82, 2.24) is 4.90 Å². The van der Waals surface area contributed by atoms with Crippen LogP contribution in [-0.2, 0) is 0 Å². The van der Waals surface area contributed by atoms with E-state index in [9.17, 15) is 0 Å². The maximum absolute atomic E-state index is 8.13. The molecule has 1 saturated heterocycles. The predicted molar refractivity (Wildman–Crippen MR) is 66.8 cm³/mol. The Bertz CT molecular complexity index is 337. The number of nitrogens with zero attached hydrogens (tertiary/aromatic N) is 1. The van der Waals surface area contributed by atoms with Gasteiger partial charge in [0.2, 0.25) is 0 Å². The van der Waals surface area contributed by atoms with Crippen LogP contribution >= 0.6 is 11.8 Å². The third-order valence-corrected chi connectivity index (χ3v) is 3.74. The molecular formula is C12H16N2S. The average molecular weight is 220 g/mol. The third kappa shape index (κ3) is 2.53. The second-order valence-electron chi connectivity index (χ2n) is 3.84. The number of hydrogen-bond acceptors (Lipinski definition) is 2. The van der Waals surface area contributed by atoms with Crippen LogP contribution in [0.1, 0.15) is 12.5 Å². The zero-order valence-corrected chi connectivity index (χ0v) is 9.76. The lowest BCUT2D eigenvalue weighted by Gasteiger charge is -2.32. The molecule has 1 aliphatic heterocycles. The largest absolute Gasteiger partial charge is 0.355 e. The molecule has 2 nitrogen and oxygen atoms in total. The van der Waals surface area contributed by atoms with Gasteiger partial charge in [0.15, 0.2) is 0 Å². The second-order valence-corrected chi connectivity index (χ2v) is 5.39. The normalized spacial score (nSPS) is 21.4. The van der Waals surface area contributed by atoms with Gasteiger partial charge in [-0.2, -0.15) is 11.8 Å². The molecule has 1 heterocycles. The molecule has 1 N–H and O–H groups in total. The Morgan fingerprint density at radius 3 is 2.80 bits per heavy atom. The van der Waals surface area contributed by atoms with Gasteiger partial charge in [-0.1, -0.05) is 37.3 Å². The van der Waals surface area contributed by atoms with Gasteiger partial charge in [-0.05, 0) is 0 Å². The van der Waals surface area contributed by atoms with E-state index in [1.807, 2.05) is 42.1 Å². The first-order valence-electron chi connectivity index (χ1n) is 5.28. The second kappa shape index (κ2) is 4.71. The first-order valence-corrected chi connectivity index (χ1v) is 6.33. The molecule has 0 saturated carbocycles. The van der Waals surface area contributed by atoms with E-state index >= 15 is 0 Å². The average Bonchev–Trinajstić information content (AvgIpc) is 2.29. The van der Waals surface area contributed by atoms with Crippen LogP contribution in [-0.4, -0.2) is 34.8 Å². The maximum atomic E-state index is 8.13. The molecule has 1 fully saturated rings.